The predicted molar refractivity (Wildman–Crippen MR) is 66.6 cm³/mol. The molecular formula is C11H14ClN3O3. The lowest BCUT2D eigenvalue weighted by Crippen LogP contribution is -2.43. The monoisotopic (exact) mass is 271 g/mol. The van der Waals surface area contributed by atoms with Gasteiger partial charge in [-0.2, -0.15) is 0 Å². The van der Waals surface area contributed by atoms with Crippen molar-refractivity contribution in [3.63, 3.8) is 0 Å². The zero-order valence-corrected chi connectivity index (χ0v) is 10.5. The topological polar surface area (TPSA) is 77.7 Å². The molecule has 2 N–H and O–H groups in total. The summed E-state index contributed by atoms with van der Waals surface area (Å²) in [5, 5.41) is 0.430. The number of nitrogens with two attached hydrogens (primary N) is 1. The van der Waals surface area contributed by atoms with Crippen LogP contribution >= 0.6 is 11.6 Å². The first-order valence-corrected chi connectivity index (χ1v) is 5.94. The van der Waals surface area contributed by atoms with Crippen molar-refractivity contribution < 1.29 is 14.3 Å². The highest BCUT2D eigenvalue weighted by Crippen LogP contribution is 2.21. The third kappa shape index (κ3) is 3.24. The van der Waals surface area contributed by atoms with Crippen LogP contribution in [0.3, 0.4) is 0 Å². The molecule has 1 aliphatic rings. The molecule has 0 aromatic carbocycles. The second-order valence-electron chi connectivity index (χ2n) is 3.83. The number of pyridine rings is 1. The van der Waals surface area contributed by atoms with Gasteiger partial charge in [0.05, 0.1) is 23.9 Å². The van der Waals surface area contributed by atoms with E-state index in [1.165, 1.54) is 12.3 Å². The highest BCUT2D eigenvalue weighted by atomic mass is 35.5. The van der Waals surface area contributed by atoms with Crippen LogP contribution in [0, 0.1) is 0 Å². The molecule has 0 atom stereocenters. The van der Waals surface area contributed by atoms with Crippen LogP contribution < -0.4 is 10.5 Å². The molecule has 0 aliphatic carbocycles. The van der Waals surface area contributed by atoms with Gasteiger partial charge in [0.2, 0.25) is 5.88 Å². The Hall–Kier alpha value is -1.53. The molecule has 18 heavy (non-hydrogen) atoms. The summed E-state index contributed by atoms with van der Waals surface area (Å²) in [6, 6.07) is 1.53. The zero-order valence-electron chi connectivity index (χ0n) is 9.76. The van der Waals surface area contributed by atoms with Crippen molar-refractivity contribution in [1.82, 2.24) is 9.88 Å². The molecule has 1 amide bonds. The van der Waals surface area contributed by atoms with Crippen LogP contribution in [0.4, 0.5) is 5.69 Å². The smallest absolute Gasteiger partial charge is 0.260 e. The van der Waals surface area contributed by atoms with Gasteiger partial charge in [-0.1, -0.05) is 11.6 Å². The standard InChI is InChI=1S/C11H14ClN3O3/c12-8-5-9(13)11(14-6-8)18-7-10(16)15-1-3-17-4-2-15/h5-6H,1-4,7,13H2. The first kappa shape index (κ1) is 12.9. The van der Waals surface area contributed by atoms with Gasteiger partial charge in [0.15, 0.2) is 6.61 Å². The Morgan fingerprint density at radius 1 is 1.56 bits per heavy atom. The molecule has 0 radical (unpaired) electrons. The van der Waals surface area contributed by atoms with Crippen LogP contribution in [0.15, 0.2) is 12.3 Å². The minimum atomic E-state index is -0.102. The lowest BCUT2D eigenvalue weighted by Gasteiger charge is -2.26. The predicted octanol–water partition coefficient (Wildman–Crippen LogP) is 0.555. The van der Waals surface area contributed by atoms with E-state index in [0.29, 0.717) is 37.0 Å². The molecule has 1 aromatic heterocycles. The van der Waals surface area contributed by atoms with Crippen molar-refractivity contribution in [3.8, 4) is 5.88 Å². The molecule has 6 nitrogen and oxygen atoms in total. The summed E-state index contributed by atoms with van der Waals surface area (Å²) in [7, 11) is 0. The molecule has 2 heterocycles. The van der Waals surface area contributed by atoms with Crippen LogP contribution in [-0.2, 0) is 9.53 Å². The highest BCUT2D eigenvalue weighted by Gasteiger charge is 2.17. The first-order valence-electron chi connectivity index (χ1n) is 5.56. The Balaban J connectivity index is 1.88. The number of carbonyl (C=O) groups excluding carboxylic acids is 1. The number of nitrogens with zero attached hydrogens (tertiary/aromatic N) is 2. The lowest BCUT2D eigenvalue weighted by molar-refractivity contribution is -0.137. The van der Waals surface area contributed by atoms with Crippen LogP contribution in [0.1, 0.15) is 0 Å². The van der Waals surface area contributed by atoms with E-state index in [1.807, 2.05) is 0 Å². The third-order valence-corrected chi connectivity index (χ3v) is 2.75. The fourth-order valence-corrected chi connectivity index (χ4v) is 1.76. The van der Waals surface area contributed by atoms with E-state index in [4.69, 9.17) is 26.8 Å². The molecular weight excluding hydrogens is 258 g/mol. The van der Waals surface area contributed by atoms with Gasteiger partial charge in [-0.15, -0.1) is 0 Å². The lowest BCUT2D eigenvalue weighted by atomic mass is 10.4. The summed E-state index contributed by atoms with van der Waals surface area (Å²) in [5.41, 5.74) is 5.99. The van der Waals surface area contributed by atoms with E-state index < -0.39 is 0 Å². The van der Waals surface area contributed by atoms with Gasteiger partial charge >= 0.3 is 0 Å². The summed E-state index contributed by atoms with van der Waals surface area (Å²) in [5.74, 6) is 0.121. The Kier molecular flexibility index (Phi) is 4.22. The fourth-order valence-electron chi connectivity index (χ4n) is 1.60. The van der Waals surface area contributed by atoms with Crippen molar-refractivity contribution in [1.29, 1.82) is 0 Å². The minimum Gasteiger partial charge on any atom is -0.466 e. The summed E-state index contributed by atoms with van der Waals surface area (Å²) in [6.07, 6.45) is 1.42. The maximum absolute atomic E-state index is 11.8. The molecule has 98 valence electrons. The maximum Gasteiger partial charge on any atom is 0.260 e. The maximum atomic E-state index is 11.8. The Morgan fingerprint density at radius 3 is 2.94 bits per heavy atom. The number of hydrogen-bond acceptors (Lipinski definition) is 5. The van der Waals surface area contributed by atoms with Crippen LogP contribution in [0.5, 0.6) is 5.88 Å². The molecule has 1 fully saturated rings. The molecule has 0 bridgehead atoms. The molecule has 0 spiro atoms. The van der Waals surface area contributed by atoms with Gasteiger partial charge in [0.1, 0.15) is 0 Å². The van der Waals surface area contributed by atoms with E-state index in [9.17, 15) is 4.79 Å². The average Bonchev–Trinajstić information content (AvgIpc) is 2.38. The van der Waals surface area contributed by atoms with E-state index >= 15 is 0 Å². The van der Waals surface area contributed by atoms with Crippen molar-refractivity contribution >= 4 is 23.2 Å². The quantitative estimate of drug-likeness (QED) is 0.869. The number of nitrogen functional groups attached to an aromatic ring is 1. The summed E-state index contributed by atoms with van der Waals surface area (Å²) in [4.78, 5) is 17.4. The number of halogens is 1. The summed E-state index contributed by atoms with van der Waals surface area (Å²) >= 11 is 5.71. The van der Waals surface area contributed by atoms with Crippen molar-refractivity contribution in [2.45, 2.75) is 0 Å². The van der Waals surface area contributed by atoms with E-state index in [2.05, 4.69) is 4.98 Å². The van der Waals surface area contributed by atoms with Gasteiger partial charge in [0, 0.05) is 19.3 Å². The number of aromatic nitrogens is 1. The van der Waals surface area contributed by atoms with E-state index in [1.54, 1.807) is 4.90 Å². The number of morpholine rings is 1. The zero-order chi connectivity index (χ0) is 13.0. The van der Waals surface area contributed by atoms with Crippen LogP contribution in [-0.4, -0.2) is 48.7 Å². The Morgan fingerprint density at radius 2 is 2.28 bits per heavy atom. The van der Waals surface area contributed by atoms with Crippen LogP contribution in [0.25, 0.3) is 0 Å². The normalized spacial score (nSPS) is 15.5. The molecule has 0 unspecified atom stereocenters. The molecule has 1 aliphatic heterocycles. The number of amides is 1. The summed E-state index contributed by atoms with van der Waals surface area (Å²) in [6.45, 7) is 2.22. The molecule has 7 heteroatoms. The third-order valence-electron chi connectivity index (χ3n) is 2.54. The SMILES string of the molecule is Nc1cc(Cl)cnc1OCC(=O)N1CCOCC1. The first-order chi connectivity index (χ1) is 8.66. The number of carbonyl (C=O) groups is 1. The van der Waals surface area contributed by atoms with Gasteiger partial charge < -0.3 is 20.1 Å². The van der Waals surface area contributed by atoms with E-state index in [-0.39, 0.29) is 18.4 Å². The largest absolute Gasteiger partial charge is 0.466 e. The Bertz CT molecular complexity index is 436. The van der Waals surface area contributed by atoms with Gasteiger partial charge in [-0.25, -0.2) is 4.98 Å². The summed E-state index contributed by atoms with van der Waals surface area (Å²) < 4.78 is 10.4. The van der Waals surface area contributed by atoms with Crippen LogP contribution in [0.2, 0.25) is 5.02 Å². The second kappa shape index (κ2) is 5.88. The highest BCUT2D eigenvalue weighted by molar-refractivity contribution is 6.30. The van der Waals surface area contributed by atoms with Gasteiger partial charge in [-0.05, 0) is 6.07 Å². The van der Waals surface area contributed by atoms with E-state index in [0.717, 1.165) is 0 Å². The average molecular weight is 272 g/mol. The second-order valence-corrected chi connectivity index (χ2v) is 4.27. The van der Waals surface area contributed by atoms with Crippen molar-refractivity contribution in [3.05, 3.63) is 17.3 Å². The van der Waals surface area contributed by atoms with Gasteiger partial charge in [0.25, 0.3) is 5.91 Å². The van der Waals surface area contributed by atoms with Gasteiger partial charge in [-0.3, -0.25) is 4.79 Å². The van der Waals surface area contributed by atoms with Crippen molar-refractivity contribution in [2.24, 2.45) is 0 Å². The Labute approximate surface area is 110 Å². The number of ether oxygens (including phenoxy) is 2. The molecule has 0 saturated carbocycles. The number of hydrogen-bond donors (Lipinski definition) is 1. The molecule has 1 saturated heterocycles. The molecule has 2 rings (SSSR count). The molecule has 1 aromatic rings. The number of rotatable bonds is 3. The number of anilines is 1. The fraction of sp³-hybridized carbons (Fsp3) is 0.455. The van der Waals surface area contributed by atoms with Crippen molar-refractivity contribution in [2.75, 3.05) is 38.6 Å². The minimum absolute atomic E-state index is 0.0845.